The van der Waals surface area contributed by atoms with Gasteiger partial charge in [-0.1, -0.05) is 34.1 Å². The van der Waals surface area contributed by atoms with Crippen molar-refractivity contribution in [3.05, 3.63) is 29.1 Å². The van der Waals surface area contributed by atoms with Crippen molar-refractivity contribution in [1.29, 1.82) is 0 Å². The van der Waals surface area contributed by atoms with Crippen LogP contribution in [0.15, 0.2) is 12.4 Å². The van der Waals surface area contributed by atoms with Gasteiger partial charge in [-0.05, 0) is 63.1 Å². The number of aryl methyl sites for hydroxylation is 2. The topological polar surface area (TPSA) is 24.9 Å². The van der Waals surface area contributed by atoms with Crippen molar-refractivity contribution in [1.82, 2.24) is 10.3 Å². The summed E-state index contributed by atoms with van der Waals surface area (Å²) in [5, 5.41) is 3.48. The molecule has 1 aromatic heterocycles. The first-order valence-corrected chi connectivity index (χ1v) is 8.59. The number of hydrogen-bond acceptors (Lipinski definition) is 2. The number of nitrogens with one attached hydrogen (secondary N) is 1. The lowest BCUT2D eigenvalue weighted by Gasteiger charge is -2.25. The third-order valence-electron chi connectivity index (χ3n) is 3.81. The molecule has 21 heavy (non-hydrogen) atoms. The normalized spacial score (nSPS) is 21.0. The molecule has 1 N–H and O–H groups in total. The van der Waals surface area contributed by atoms with Gasteiger partial charge in [-0.2, -0.15) is 0 Å². The van der Waals surface area contributed by atoms with Gasteiger partial charge in [-0.3, -0.25) is 4.98 Å². The van der Waals surface area contributed by atoms with Gasteiger partial charge in [-0.15, -0.1) is 0 Å². The van der Waals surface area contributed by atoms with Gasteiger partial charge in [0.05, 0.1) is 0 Å². The molecular formula is C19H36N2. The SMILES string of the molecule is CC.CC1CCCC(C)N1.Cc1cncc(C)c1C(C)C. The summed E-state index contributed by atoms with van der Waals surface area (Å²) in [7, 11) is 0. The zero-order valence-corrected chi connectivity index (χ0v) is 15.5. The minimum absolute atomic E-state index is 0.609. The predicted molar refractivity (Wildman–Crippen MR) is 95.1 cm³/mol. The second-order valence-electron chi connectivity index (χ2n) is 6.24. The van der Waals surface area contributed by atoms with E-state index in [0.717, 1.165) is 12.1 Å². The van der Waals surface area contributed by atoms with Crippen LogP contribution < -0.4 is 5.32 Å². The molecule has 0 saturated carbocycles. The van der Waals surface area contributed by atoms with Crippen molar-refractivity contribution >= 4 is 0 Å². The fourth-order valence-electron chi connectivity index (χ4n) is 3.00. The van der Waals surface area contributed by atoms with Crippen LogP contribution in [0.25, 0.3) is 0 Å². The summed E-state index contributed by atoms with van der Waals surface area (Å²) in [5.74, 6) is 0.609. The van der Waals surface area contributed by atoms with E-state index < -0.39 is 0 Å². The minimum atomic E-state index is 0.609. The predicted octanol–water partition coefficient (Wildman–Crippen LogP) is 5.38. The van der Waals surface area contributed by atoms with Crippen molar-refractivity contribution in [3.63, 3.8) is 0 Å². The third kappa shape index (κ3) is 7.61. The van der Waals surface area contributed by atoms with E-state index in [1.54, 1.807) is 0 Å². The summed E-state index contributed by atoms with van der Waals surface area (Å²) in [6.45, 7) is 17.2. The molecule has 2 atom stereocenters. The Balaban J connectivity index is 0.000000354. The Morgan fingerprint density at radius 3 is 1.67 bits per heavy atom. The summed E-state index contributed by atoms with van der Waals surface area (Å²) in [4.78, 5) is 4.13. The molecule has 1 aromatic rings. The van der Waals surface area contributed by atoms with Crippen LogP contribution in [0.4, 0.5) is 0 Å². The second kappa shape index (κ2) is 10.8. The Morgan fingerprint density at radius 1 is 1.00 bits per heavy atom. The van der Waals surface area contributed by atoms with E-state index in [9.17, 15) is 0 Å². The van der Waals surface area contributed by atoms with Crippen LogP contribution in [0.3, 0.4) is 0 Å². The zero-order chi connectivity index (χ0) is 16.4. The molecule has 1 aliphatic rings. The van der Waals surface area contributed by atoms with Gasteiger partial charge in [0.1, 0.15) is 0 Å². The summed E-state index contributed by atoms with van der Waals surface area (Å²) >= 11 is 0. The van der Waals surface area contributed by atoms with E-state index in [1.165, 1.54) is 36.0 Å². The van der Waals surface area contributed by atoms with Crippen LogP contribution in [-0.2, 0) is 0 Å². The lowest BCUT2D eigenvalue weighted by Crippen LogP contribution is -2.38. The summed E-state index contributed by atoms with van der Waals surface area (Å²) in [6.07, 6.45) is 8.01. The lowest BCUT2D eigenvalue weighted by molar-refractivity contribution is 0.352. The summed E-state index contributed by atoms with van der Waals surface area (Å²) in [5.41, 5.74) is 4.06. The molecule has 122 valence electrons. The fourth-order valence-corrected chi connectivity index (χ4v) is 3.00. The average Bonchev–Trinajstić information content (AvgIpc) is 2.41. The van der Waals surface area contributed by atoms with E-state index >= 15 is 0 Å². The average molecular weight is 293 g/mol. The zero-order valence-electron chi connectivity index (χ0n) is 15.5. The van der Waals surface area contributed by atoms with Gasteiger partial charge in [0.25, 0.3) is 0 Å². The number of piperidine rings is 1. The Morgan fingerprint density at radius 2 is 1.43 bits per heavy atom. The first-order chi connectivity index (χ1) is 9.91. The molecule has 0 radical (unpaired) electrons. The van der Waals surface area contributed by atoms with E-state index in [-0.39, 0.29) is 0 Å². The maximum atomic E-state index is 4.13. The first kappa shape index (κ1) is 20.1. The highest BCUT2D eigenvalue weighted by molar-refractivity contribution is 5.32. The highest BCUT2D eigenvalue weighted by Crippen LogP contribution is 2.21. The number of rotatable bonds is 1. The van der Waals surface area contributed by atoms with Crippen molar-refractivity contribution < 1.29 is 0 Å². The van der Waals surface area contributed by atoms with Crippen LogP contribution in [0.2, 0.25) is 0 Å². The van der Waals surface area contributed by atoms with E-state index in [1.807, 2.05) is 26.2 Å². The molecule has 0 aliphatic carbocycles. The van der Waals surface area contributed by atoms with Gasteiger partial charge < -0.3 is 5.32 Å². The molecular weight excluding hydrogens is 256 g/mol. The van der Waals surface area contributed by atoms with E-state index in [0.29, 0.717) is 5.92 Å². The van der Waals surface area contributed by atoms with Gasteiger partial charge in [0, 0.05) is 24.5 Å². The minimum Gasteiger partial charge on any atom is -0.312 e. The Hall–Kier alpha value is -0.890. The van der Waals surface area contributed by atoms with Crippen molar-refractivity contribution in [3.8, 4) is 0 Å². The second-order valence-corrected chi connectivity index (χ2v) is 6.24. The molecule has 0 aromatic carbocycles. The Bertz CT molecular complexity index is 357. The Labute approximate surface area is 132 Å². The van der Waals surface area contributed by atoms with Crippen LogP contribution in [0.5, 0.6) is 0 Å². The number of aromatic nitrogens is 1. The van der Waals surface area contributed by atoms with Crippen molar-refractivity contribution in [2.45, 2.75) is 92.7 Å². The van der Waals surface area contributed by atoms with Gasteiger partial charge in [0.15, 0.2) is 0 Å². The van der Waals surface area contributed by atoms with Gasteiger partial charge in [0.2, 0.25) is 0 Å². The lowest BCUT2D eigenvalue weighted by atomic mass is 9.96. The maximum Gasteiger partial charge on any atom is 0.0300 e. The molecule has 2 heterocycles. The third-order valence-corrected chi connectivity index (χ3v) is 3.81. The highest BCUT2D eigenvalue weighted by atomic mass is 14.9. The first-order valence-electron chi connectivity index (χ1n) is 8.59. The van der Waals surface area contributed by atoms with Gasteiger partial charge in [-0.25, -0.2) is 0 Å². The van der Waals surface area contributed by atoms with E-state index in [2.05, 4.69) is 51.8 Å². The molecule has 1 fully saturated rings. The molecule has 1 saturated heterocycles. The largest absolute Gasteiger partial charge is 0.312 e. The highest BCUT2D eigenvalue weighted by Gasteiger charge is 2.12. The molecule has 2 nitrogen and oxygen atoms in total. The maximum absolute atomic E-state index is 4.13. The number of nitrogens with zero attached hydrogens (tertiary/aromatic N) is 1. The standard InChI is InChI=1S/C10H15N.C7H15N.C2H6/c1-7(2)10-8(3)5-11-6-9(10)4;1-6-4-3-5-7(2)8-6;1-2/h5-7H,1-4H3;6-8H,3-5H2,1-2H3;1-2H3. The summed E-state index contributed by atoms with van der Waals surface area (Å²) < 4.78 is 0. The summed E-state index contributed by atoms with van der Waals surface area (Å²) in [6, 6.07) is 1.53. The molecule has 0 bridgehead atoms. The molecule has 2 heteroatoms. The Kier molecular flexibility index (Phi) is 10.3. The molecule has 2 unspecified atom stereocenters. The van der Waals surface area contributed by atoms with Gasteiger partial charge >= 0.3 is 0 Å². The molecule has 2 rings (SSSR count). The molecule has 1 aliphatic heterocycles. The quantitative estimate of drug-likeness (QED) is 0.751. The van der Waals surface area contributed by atoms with Crippen LogP contribution in [0.1, 0.15) is 83.4 Å². The van der Waals surface area contributed by atoms with Crippen LogP contribution in [-0.4, -0.2) is 17.1 Å². The van der Waals surface area contributed by atoms with Crippen LogP contribution >= 0.6 is 0 Å². The smallest absolute Gasteiger partial charge is 0.0300 e. The monoisotopic (exact) mass is 292 g/mol. The number of hydrogen-bond donors (Lipinski definition) is 1. The van der Waals surface area contributed by atoms with Crippen molar-refractivity contribution in [2.75, 3.05) is 0 Å². The number of pyridine rings is 1. The van der Waals surface area contributed by atoms with Crippen molar-refractivity contribution in [2.24, 2.45) is 0 Å². The van der Waals surface area contributed by atoms with E-state index in [4.69, 9.17) is 0 Å². The fraction of sp³-hybridized carbons (Fsp3) is 0.737. The molecule has 0 amide bonds. The van der Waals surface area contributed by atoms with Crippen LogP contribution in [0, 0.1) is 13.8 Å². The molecule has 0 spiro atoms.